The van der Waals surface area contributed by atoms with E-state index < -0.39 is 0 Å². The van der Waals surface area contributed by atoms with E-state index in [2.05, 4.69) is 48.3 Å². The molecule has 0 radical (unpaired) electrons. The molecule has 0 saturated carbocycles. The zero-order valence-electron chi connectivity index (χ0n) is 9.12. The molecular formula is C13H17NS. The van der Waals surface area contributed by atoms with Crippen molar-refractivity contribution in [1.29, 1.82) is 0 Å². The second-order valence-corrected chi connectivity index (χ2v) is 6.57. The molecule has 0 aromatic heterocycles. The first kappa shape index (κ1) is 9.73. The van der Waals surface area contributed by atoms with Gasteiger partial charge in [0.15, 0.2) is 0 Å². The largest absolute Gasteiger partial charge is 0.301 e. The topological polar surface area (TPSA) is 12.0 Å². The maximum absolute atomic E-state index is 3.73. The minimum absolute atomic E-state index is 0.355. The summed E-state index contributed by atoms with van der Waals surface area (Å²) in [5, 5.41) is 4.50. The highest BCUT2D eigenvalue weighted by molar-refractivity contribution is 8.01. The average molecular weight is 219 g/mol. The molecule has 1 nitrogen and oxygen atoms in total. The first-order valence-electron chi connectivity index (χ1n) is 5.77. The molecule has 1 aliphatic heterocycles. The lowest BCUT2D eigenvalue weighted by atomic mass is 9.88. The summed E-state index contributed by atoms with van der Waals surface area (Å²) in [6.45, 7) is 3.50. The minimum atomic E-state index is 0.355. The summed E-state index contributed by atoms with van der Waals surface area (Å²) in [7, 11) is 0. The predicted octanol–water partition coefficient (Wildman–Crippen LogP) is 2.60. The van der Waals surface area contributed by atoms with E-state index in [1.54, 1.807) is 11.1 Å². The smallest absolute Gasteiger partial charge is 0.0692 e. The first-order chi connectivity index (χ1) is 7.27. The molecule has 2 aliphatic rings. The summed E-state index contributed by atoms with van der Waals surface area (Å²) in [6.07, 6.45) is 3.74. The predicted molar refractivity (Wildman–Crippen MR) is 66.3 cm³/mol. The van der Waals surface area contributed by atoms with E-state index in [1.165, 1.54) is 25.8 Å². The Balaban J connectivity index is 1.89. The van der Waals surface area contributed by atoms with Gasteiger partial charge in [0.05, 0.1) is 4.87 Å². The fourth-order valence-electron chi connectivity index (χ4n) is 2.76. The molecule has 1 aliphatic carbocycles. The first-order valence-corrected chi connectivity index (χ1v) is 6.65. The van der Waals surface area contributed by atoms with Gasteiger partial charge in [-0.2, -0.15) is 0 Å². The highest BCUT2D eigenvalue weighted by atomic mass is 32.2. The highest BCUT2D eigenvalue weighted by Crippen LogP contribution is 2.42. The van der Waals surface area contributed by atoms with Crippen LogP contribution in [0.25, 0.3) is 0 Å². The third kappa shape index (κ3) is 1.70. The van der Waals surface area contributed by atoms with E-state index >= 15 is 0 Å². The molecule has 1 heterocycles. The van der Waals surface area contributed by atoms with Gasteiger partial charge in [-0.3, -0.25) is 0 Å². The Labute approximate surface area is 95.6 Å². The number of aryl methyl sites for hydroxylation is 1. The fourth-order valence-corrected chi connectivity index (χ4v) is 4.32. The summed E-state index contributed by atoms with van der Waals surface area (Å²) in [6, 6.07) is 8.91. The van der Waals surface area contributed by atoms with Crippen LogP contribution < -0.4 is 5.32 Å². The van der Waals surface area contributed by atoms with Crippen molar-refractivity contribution in [2.24, 2.45) is 0 Å². The molecule has 15 heavy (non-hydrogen) atoms. The van der Waals surface area contributed by atoms with Crippen LogP contribution in [0.5, 0.6) is 0 Å². The van der Waals surface area contributed by atoms with E-state index in [1.807, 2.05) is 0 Å². The highest BCUT2D eigenvalue weighted by Gasteiger charge is 2.40. The van der Waals surface area contributed by atoms with Crippen molar-refractivity contribution in [3.05, 3.63) is 35.4 Å². The van der Waals surface area contributed by atoms with Crippen LogP contribution in [-0.2, 0) is 12.8 Å². The lowest BCUT2D eigenvalue weighted by Crippen LogP contribution is -2.42. The minimum Gasteiger partial charge on any atom is -0.301 e. The van der Waals surface area contributed by atoms with Crippen molar-refractivity contribution in [2.75, 3.05) is 6.54 Å². The lowest BCUT2D eigenvalue weighted by molar-refractivity contribution is 0.441. The van der Waals surface area contributed by atoms with Gasteiger partial charge in [-0.25, -0.2) is 0 Å². The summed E-state index contributed by atoms with van der Waals surface area (Å²) in [5.74, 6) is 0. The number of nitrogens with one attached hydrogen (secondary N) is 1. The molecule has 0 bridgehead atoms. The molecule has 1 aromatic rings. The van der Waals surface area contributed by atoms with E-state index in [9.17, 15) is 0 Å². The molecule has 3 rings (SSSR count). The molecule has 1 N–H and O–H groups in total. The van der Waals surface area contributed by atoms with Crippen LogP contribution in [0.15, 0.2) is 24.3 Å². The van der Waals surface area contributed by atoms with Crippen LogP contribution in [0.4, 0.5) is 0 Å². The monoisotopic (exact) mass is 219 g/mol. The van der Waals surface area contributed by atoms with Crippen molar-refractivity contribution in [2.45, 2.75) is 36.3 Å². The zero-order chi connectivity index (χ0) is 10.3. The summed E-state index contributed by atoms with van der Waals surface area (Å²) < 4.78 is 0. The van der Waals surface area contributed by atoms with Crippen molar-refractivity contribution in [1.82, 2.24) is 5.32 Å². The quantitative estimate of drug-likeness (QED) is 0.720. The Morgan fingerprint density at radius 1 is 1.33 bits per heavy atom. The molecule has 1 spiro atoms. The van der Waals surface area contributed by atoms with Gasteiger partial charge in [0, 0.05) is 18.2 Å². The number of fused-ring (bicyclic) bond motifs is 1. The molecule has 80 valence electrons. The standard InChI is InChI=1S/C13H17NS/c1-10-9-14-13(15-10)7-6-11-4-2-3-5-12(11)8-13/h2-5,10,14H,6-9H2,1H3. The molecule has 0 amide bonds. The van der Waals surface area contributed by atoms with Crippen LogP contribution in [0.2, 0.25) is 0 Å². The van der Waals surface area contributed by atoms with Gasteiger partial charge in [-0.05, 0) is 24.0 Å². The number of thioether (sulfide) groups is 1. The van der Waals surface area contributed by atoms with E-state index in [0.29, 0.717) is 4.87 Å². The van der Waals surface area contributed by atoms with Gasteiger partial charge in [0.1, 0.15) is 0 Å². The van der Waals surface area contributed by atoms with Gasteiger partial charge in [-0.1, -0.05) is 31.2 Å². The number of hydrogen-bond acceptors (Lipinski definition) is 2. The molecule has 2 atom stereocenters. The Bertz CT molecular complexity index is 377. The second kappa shape index (κ2) is 3.53. The van der Waals surface area contributed by atoms with Crippen molar-refractivity contribution >= 4 is 11.8 Å². The molecule has 2 unspecified atom stereocenters. The number of rotatable bonds is 0. The molecule has 2 heteroatoms. The van der Waals surface area contributed by atoms with Crippen LogP contribution in [-0.4, -0.2) is 16.7 Å². The SMILES string of the molecule is CC1CNC2(CCc3ccccc3C2)S1. The summed E-state index contributed by atoms with van der Waals surface area (Å²) in [4.78, 5) is 0.355. The maximum atomic E-state index is 3.73. The van der Waals surface area contributed by atoms with Gasteiger partial charge in [-0.15, -0.1) is 11.8 Å². The molecule has 1 saturated heterocycles. The van der Waals surface area contributed by atoms with Gasteiger partial charge in [0.25, 0.3) is 0 Å². The maximum Gasteiger partial charge on any atom is 0.0692 e. The van der Waals surface area contributed by atoms with Crippen LogP contribution in [0, 0.1) is 0 Å². The van der Waals surface area contributed by atoms with E-state index in [4.69, 9.17) is 0 Å². The van der Waals surface area contributed by atoms with Crippen molar-refractivity contribution in [3.8, 4) is 0 Å². The second-order valence-electron chi connectivity index (χ2n) is 4.75. The van der Waals surface area contributed by atoms with Crippen LogP contribution in [0.1, 0.15) is 24.5 Å². The number of benzene rings is 1. The van der Waals surface area contributed by atoms with Gasteiger partial charge >= 0.3 is 0 Å². The Morgan fingerprint density at radius 3 is 2.87 bits per heavy atom. The van der Waals surface area contributed by atoms with E-state index in [-0.39, 0.29) is 0 Å². The third-order valence-corrected chi connectivity index (χ3v) is 5.04. The molecule has 1 fully saturated rings. The normalized spacial score (nSPS) is 34.3. The Hall–Kier alpha value is -0.470. The molecule has 1 aromatic carbocycles. The third-order valence-electron chi connectivity index (χ3n) is 3.53. The van der Waals surface area contributed by atoms with Crippen LogP contribution >= 0.6 is 11.8 Å². The van der Waals surface area contributed by atoms with E-state index in [0.717, 1.165) is 5.25 Å². The zero-order valence-corrected chi connectivity index (χ0v) is 9.94. The van der Waals surface area contributed by atoms with Crippen molar-refractivity contribution in [3.63, 3.8) is 0 Å². The van der Waals surface area contributed by atoms with Crippen LogP contribution in [0.3, 0.4) is 0 Å². The Morgan fingerprint density at radius 2 is 2.13 bits per heavy atom. The summed E-state index contributed by atoms with van der Waals surface area (Å²) >= 11 is 2.14. The lowest BCUT2D eigenvalue weighted by Gasteiger charge is -2.34. The molecular weight excluding hydrogens is 202 g/mol. The van der Waals surface area contributed by atoms with Gasteiger partial charge < -0.3 is 5.32 Å². The summed E-state index contributed by atoms with van der Waals surface area (Å²) in [5.41, 5.74) is 3.11. The number of hydrogen-bond donors (Lipinski definition) is 1. The average Bonchev–Trinajstić information content (AvgIpc) is 2.60. The van der Waals surface area contributed by atoms with Gasteiger partial charge in [0.2, 0.25) is 0 Å². The fraction of sp³-hybridized carbons (Fsp3) is 0.538. The Kier molecular flexibility index (Phi) is 2.29. The van der Waals surface area contributed by atoms with Crippen molar-refractivity contribution < 1.29 is 0 Å².